The zero-order valence-corrected chi connectivity index (χ0v) is 10.8. The Morgan fingerprint density at radius 2 is 2.00 bits per heavy atom. The van der Waals surface area contributed by atoms with Gasteiger partial charge in [-0.3, -0.25) is 14.4 Å². The number of likely N-dealkylation sites (N-methyl/N-ethyl adjacent to an activating group) is 1. The molecule has 0 atom stereocenters. The molecule has 104 valence electrons. The van der Waals surface area contributed by atoms with Crippen LogP contribution in [-0.2, 0) is 20.7 Å². The molecular weight excluding hydrogens is 262 g/mol. The Morgan fingerprint density at radius 1 is 1.30 bits per heavy atom. The molecule has 0 unspecified atom stereocenters. The molecule has 1 aromatic heterocycles. The number of carbonyl (C=O) groups is 2. The van der Waals surface area contributed by atoms with Crippen LogP contribution >= 0.6 is 0 Å². The van der Waals surface area contributed by atoms with Crippen LogP contribution in [-0.4, -0.2) is 35.7 Å². The highest BCUT2D eigenvalue weighted by molar-refractivity contribution is 5.87. The van der Waals surface area contributed by atoms with Crippen LogP contribution in [0.2, 0.25) is 0 Å². The topological polar surface area (TPSA) is 101 Å². The van der Waals surface area contributed by atoms with Crippen molar-refractivity contribution in [3.8, 4) is 0 Å². The number of rotatable bonds is 4. The summed E-state index contributed by atoms with van der Waals surface area (Å²) in [5.74, 6) is -0.976. The Kier molecular flexibility index (Phi) is 4.09. The summed E-state index contributed by atoms with van der Waals surface area (Å²) in [7, 11) is 1.45. The zero-order chi connectivity index (χ0) is 14.5. The number of hydrogen-bond donors (Lipinski definition) is 2. The first-order valence-electron chi connectivity index (χ1n) is 5.94. The SMILES string of the molecule is CNC(=O)COC(=O)Cc1n[nH]c(=O)c2ccccc12. The number of fused-ring (bicyclic) bond motifs is 1. The third-order valence-corrected chi connectivity index (χ3v) is 2.73. The summed E-state index contributed by atoms with van der Waals surface area (Å²) in [5.41, 5.74) is 0.0881. The summed E-state index contributed by atoms with van der Waals surface area (Å²) in [5, 5.41) is 9.57. The minimum absolute atomic E-state index is 0.117. The number of nitrogens with one attached hydrogen (secondary N) is 2. The van der Waals surface area contributed by atoms with Gasteiger partial charge in [0.2, 0.25) is 0 Å². The lowest BCUT2D eigenvalue weighted by atomic mass is 10.1. The molecule has 2 N–H and O–H groups in total. The average molecular weight is 275 g/mol. The highest BCUT2D eigenvalue weighted by Crippen LogP contribution is 2.13. The highest BCUT2D eigenvalue weighted by Gasteiger charge is 2.12. The maximum absolute atomic E-state index is 11.6. The van der Waals surface area contributed by atoms with E-state index in [2.05, 4.69) is 15.5 Å². The summed E-state index contributed by atoms with van der Waals surface area (Å²) in [6, 6.07) is 6.84. The molecule has 0 spiro atoms. The van der Waals surface area contributed by atoms with Crippen molar-refractivity contribution in [2.24, 2.45) is 0 Å². The first kappa shape index (κ1) is 13.7. The predicted molar refractivity (Wildman–Crippen MR) is 71.1 cm³/mol. The molecule has 1 amide bonds. The lowest BCUT2D eigenvalue weighted by Crippen LogP contribution is -2.25. The van der Waals surface area contributed by atoms with Gasteiger partial charge in [-0.05, 0) is 6.07 Å². The van der Waals surface area contributed by atoms with E-state index in [0.717, 1.165) is 0 Å². The van der Waals surface area contributed by atoms with Gasteiger partial charge in [-0.2, -0.15) is 5.10 Å². The average Bonchev–Trinajstić information content (AvgIpc) is 2.48. The minimum atomic E-state index is -0.585. The van der Waals surface area contributed by atoms with E-state index < -0.39 is 11.9 Å². The number of nitrogens with zero attached hydrogens (tertiary/aromatic N) is 1. The van der Waals surface area contributed by atoms with Crippen LogP contribution in [0.25, 0.3) is 10.8 Å². The van der Waals surface area contributed by atoms with E-state index in [1.54, 1.807) is 24.3 Å². The second-order valence-electron chi connectivity index (χ2n) is 4.06. The zero-order valence-electron chi connectivity index (χ0n) is 10.8. The number of ether oxygens (including phenoxy) is 1. The molecule has 0 aliphatic heterocycles. The number of aromatic amines is 1. The van der Waals surface area contributed by atoms with Crippen LogP contribution in [0.5, 0.6) is 0 Å². The van der Waals surface area contributed by atoms with Gasteiger partial charge >= 0.3 is 5.97 Å². The number of carbonyl (C=O) groups excluding carboxylic acids is 2. The van der Waals surface area contributed by atoms with E-state index in [4.69, 9.17) is 4.74 Å². The largest absolute Gasteiger partial charge is 0.455 e. The summed E-state index contributed by atoms with van der Waals surface area (Å²) in [6.07, 6.45) is -0.117. The molecule has 2 aromatic rings. The second kappa shape index (κ2) is 5.96. The number of amides is 1. The number of esters is 1. The molecule has 0 aliphatic rings. The molecule has 20 heavy (non-hydrogen) atoms. The van der Waals surface area contributed by atoms with E-state index >= 15 is 0 Å². The Morgan fingerprint density at radius 3 is 2.70 bits per heavy atom. The van der Waals surface area contributed by atoms with Crippen molar-refractivity contribution < 1.29 is 14.3 Å². The number of benzene rings is 1. The molecule has 2 rings (SSSR count). The molecule has 0 saturated carbocycles. The third kappa shape index (κ3) is 3.00. The van der Waals surface area contributed by atoms with E-state index in [0.29, 0.717) is 16.5 Å². The van der Waals surface area contributed by atoms with Gasteiger partial charge in [-0.1, -0.05) is 18.2 Å². The van der Waals surface area contributed by atoms with E-state index in [1.807, 2.05) is 0 Å². The Labute approximate surface area is 113 Å². The summed E-state index contributed by atoms with van der Waals surface area (Å²) >= 11 is 0. The Hall–Kier alpha value is -2.70. The molecule has 0 bridgehead atoms. The summed E-state index contributed by atoms with van der Waals surface area (Å²) < 4.78 is 4.79. The lowest BCUT2D eigenvalue weighted by molar-refractivity contribution is -0.147. The number of H-pyrrole nitrogens is 1. The minimum Gasteiger partial charge on any atom is -0.455 e. The Bertz CT molecular complexity index is 708. The van der Waals surface area contributed by atoms with Crippen molar-refractivity contribution in [2.75, 3.05) is 13.7 Å². The van der Waals surface area contributed by atoms with Crippen LogP contribution in [0.1, 0.15) is 5.69 Å². The molecule has 0 saturated heterocycles. The van der Waals surface area contributed by atoms with Crippen LogP contribution in [0.4, 0.5) is 0 Å². The smallest absolute Gasteiger partial charge is 0.312 e. The van der Waals surface area contributed by atoms with Crippen molar-refractivity contribution in [3.63, 3.8) is 0 Å². The molecular formula is C13H13N3O4. The monoisotopic (exact) mass is 275 g/mol. The van der Waals surface area contributed by atoms with Crippen LogP contribution in [0, 0.1) is 0 Å². The van der Waals surface area contributed by atoms with Crippen molar-refractivity contribution >= 4 is 22.6 Å². The van der Waals surface area contributed by atoms with Gasteiger partial charge < -0.3 is 10.1 Å². The maximum atomic E-state index is 11.6. The Balaban J connectivity index is 2.18. The quantitative estimate of drug-likeness (QED) is 0.750. The van der Waals surface area contributed by atoms with Gasteiger partial charge in [0.25, 0.3) is 11.5 Å². The normalized spacial score (nSPS) is 10.2. The number of aromatic nitrogens is 2. The first-order valence-corrected chi connectivity index (χ1v) is 5.94. The summed E-state index contributed by atoms with van der Waals surface area (Å²) in [4.78, 5) is 34.2. The second-order valence-corrected chi connectivity index (χ2v) is 4.06. The number of hydrogen-bond acceptors (Lipinski definition) is 5. The van der Waals surface area contributed by atoms with Crippen molar-refractivity contribution in [1.82, 2.24) is 15.5 Å². The maximum Gasteiger partial charge on any atom is 0.312 e. The molecule has 1 heterocycles. The van der Waals surface area contributed by atoms with E-state index in [-0.39, 0.29) is 18.6 Å². The van der Waals surface area contributed by atoms with Crippen LogP contribution in [0.3, 0.4) is 0 Å². The first-order chi connectivity index (χ1) is 9.61. The van der Waals surface area contributed by atoms with Gasteiger partial charge in [0.1, 0.15) is 0 Å². The molecule has 1 aromatic carbocycles. The van der Waals surface area contributed by atoms with Gasteiger partial charge in [0.15, 0.2) is 6.61 Å². The lowest BCUT2D eigenvalue weighted by Gasteiger charge is -2.05. The van der Waals surface area contributed by atoms with Crippen LogP contribution in [0.15, 0.2) is 29.1 Å². The fraction of sp³-hybridized carbons (Fsp3) is 0.231. The predicted octanol–water partition coefficient (Wildman–Crippen LogP) is -0.245. The van der Waals surface area contributed by atoms with Crippen molar-refractivity contribution in [1.29, 1.82) is 0 Å². The van der Waals surface area contributed by atoms with Gasteiger partial charge in [-0.25, -0.2) is 5.10 Å². The standard InChI is InChI=1S/C13H13N3O4/c1-14-11(17)7-20-12(18)6-10-8-4-2-3-5-9(8)13(19)16-15-10/h2-5H,6-7H2,1H3,(H,14,17)(H,16,19). The molecule has 0 aliphatic carbocycles. The summed E-state index contributed by atoms with van der Waals surface area (Å²) in [6.45, 7) is -0.337. The molecule has 0 fully saturated rings. The van der Waals surface area contributed by atoms with Gasteiger partial charge in [0.05, 0.1) is 17.5 Å². The fourth-order valence-electron chi connectivity index (χ4n) is 1.71. The van der Waals surface area contributed by atoms with E-state index in [1.165, 1.54) is 7.05 Å². The third-order valence-electron chi connectivity index (χ3n) is 2.73. The fourth-order valence-corrected chi connectivity index (χ4v) is 1.71. The van der Waals surface area contributed by atoms with Crippen molar-refractivity contribution in [3.05, 3.63) is 40.3 Å². The molecule has 7 nitrogen and oxygen atoms in total. The van der Waals surface area contributed by atoms with Crippen molar-refractivity contribution in [2.45, 2.75) is 6.42 Å². The molecule has 0 radical (unpaired) electrons. The highest BCUT2D eigenvalue weighted by atomic mass is 16.5. The van der Waals surface area contributed by atoms with Gasteiger partial charge in [-0.15, -0.1) is 0 Å². The van der Waals surface area contributed by atoms with E-state index in [9.17, 15) is 14.4 Å². The molecule has 7 heteroatoms. The van der Waals surface area contributed by atoms with Crippen LogP contribution < -0.4 is 10.9 Å². The van der Waals surface area contributed by atoms with Gasteiger partial charge in [0, 0.05) is 12.4 Å².